The number of benzene rings is 2. The van der Waals surface area contributed by atoms with E-state index < -0.39 is 23.3 Å². The molecular formula is C19H18F4O. The van der Waals surface area contributed by atoms with Crippen LogP contribution in [0.3, 0.4) is 0 Å². The fraction of sp³-hybridized carbons (Fsp3) is 0.263. The summed E-state index contributed by atoms with van der Waals surface area (Å²) in [5.74, 6) is -5.05. The first-order valence-corrected chi connectivity index (χ1v) is 7.78. The molecule has 0 aliphatic carbocycles. The Morgan fingerprint density at radius 1 is 0.833 bits per heavy atom. The van der Waals surface area contributed by atoms with Crippen molar-refractivity contribution in [1.29, 1.82) is 0 Å². The number of halogens is 4. The summed E-state index contributed by atoms with van der Waals surface area (Å²) >= 11 is 0. The summed E-state index contributed by atoms with van der Waals surface area (Å²) in [7, 11) is 0. The lowest BCUT2D eigenvalue weighted by Gasteiger charge is -2.11. The average Bonchev–Trinajstić information content (AvgIpc) is 2.57. The Balaban J connectivity index is 2.45. The molecule has 5 heteroatoms. The Hall–Kier alpha value is -2.30. The summed E-state index contributed by atoms with van der Waals surface area (Å²) in [4.78, 5) is 0. The molecule has 0 amide bonds. The Morgan fingerprint density at radius 3 is 2.08 bits per heavy atom. The molecular weight excluding hydrogens is 320 g/mol. The van der Waals surface area contributed by atoms with Gasteiger partial charge in [0.15, 0.2) is 23.2 Å². The SMILES string of the molecule is CC/C=C/Oc1ccc(-c2ccc(CCC)c(F)c2F)c(F)c1F. The van der Waals surface area contributed by atoms with Crippen molar-refractivity contribution in [3.05, 3.63) is 65.4 Å². The Bertz CT molecular complexity index is 754. The summed E-state index contributed by atoms with van der Waals surface area (Å²) in [5.41, 5.74) is -0.456. The first-order valence-electron chi connectivity index (χ1n) is 7.78. The van der Waals surface area contributed by atoms with E-state index in [-0.39, 0.29) is 22.4 Å². The normalized spacial score (nSPS) is 11.2. The minimum atomic E-state index is -1.28. The van der Waals surface area contributed by atoms with Crippen molar-refractivity contribution in [3.63, 3.8) is 0 Å². The van der Waals surface area contributed by atoms with Gasteiger partial charge in [-0.1, -0.05) is 32.4 Å². The fourth-order valence-electron chi connectivity index (χ4n) is 2.31. The second kappa shape index (κ2) is 7.99. The van der Waals surface area contributed by atoms with Crippen LogP contribution in [-0.4, -0.2) is 0 Å². The number of allylic oxidation sites excluding steroid dienone is 1. The molecule has 24 heavy (non-hydrogen) atoms. The molecule has 0 heterocycles. The average molecular weight is 338 g/mol. The minimum Gasteiger partial charge on any atom is -0.462 e. The van der Waals surface area contributed by atoms with Gasteiger partial charge in [0.2, 0.25) is 5.82 Å². The van der Waals surface area contributed by atoms with E-state index in [1.165, 1.54) is 30.5 Å². The highest BCUT2D eigenvalue weighted by molar-refractivity contribution is 5.66. The summed E-state index contributed by atoms with van der Waals surface area (Å²) < 4.78 is 61.5. The fourth-order valence-corrected chi connectivity index (χ4v) is 2.31. The maximum Gasteiger partial charge on any atom is 0.201 e. The summed E-state index contributed by atoms with van der Waals surface area (Å²) in [5, 5.41) is 0. The lowest BCUT2D eigenvalue weighted by Crippen LogP contribution is -2.00. The van der Waals surface area contributed by atoms with E-state index in [9.17, 15) is 17.6 Å². The zero-order valence-electron chi connectivity index (χ0n) is 13.5. The van der Waals surface area contributed by atoms with Crippen molar-refractivity contribution >= 4 is 0 Å². The summed E-state index contributed by atoms with van der Waals surface area (Å²) in [6, 6.07) is 5.01. The van der Waals surface area contributed by atoms with Crippen LogP contribution in [0.5, 0.6) is 5.75 Å². The third kappa shape index (κ3) is 3.61. The van der Waals surface area contributed by atoms with E-state index in [0.29, 0.717) is 19.3 Å². The third-order valence-corrected chi connectivity index (χ3v) is 3.55. The molecule has 128 valence electrons. The maximum absolute atomic E-state index is 14.2. The van der Waals surface area contributed by atoms with Gasteiger partial charge >= 0.3 is 0 Å². The van der Waals surface area contributed by atoms with Crippen LogP contribution >= 0.6 is 0 Å². The van der Waals surface area contributed by atoms with E-state index >= 15 is 0 Å². The minimum absolute atomic E-state index is 0.212. The van der Waals surface area contributed by atoms with E-state index in [0.717, 1.165) is 0 Å². The molecule has 2 aromatic carbocycles. The maximum atomic E-state index is 14.2. The van der Waals surface area contributed by atoms with Crippen LogP contribution < -0.4 is 4.74 Å². The predicted molar refractivity (Wildman–Crippen MR) is 85.8 cm³/mol. The van der Waals surface area contributed by atoms with Gasteiger partial charge in [-0.25, -0.2) is 13.2 Å². The third-order valence-electron chi connectivity index (χ3n) is 3.55. The van der Waals surface area contributed by atoms with Crippen molar-refractivity contribution in [2.75, 3.05) is 0 Å². The number of aryl methyl sites for hydroxylation is 1. The predicted octanol–water partition coefficient (Wildman–Crippen LogP) is 6.17. The van der Waals surface area contributed by atoms with Crippen molar-refractivity contribution in [3.8, 4) is 16.9 Å². The van der Waals surface area contributed by atoms with E-state index in [2.05, 4.69) is 0 Å². The van der Waals surface area contributed by atoms with Gasteiger partial charge in [0.25, 0.3) is 0 Å². The van der Waals surface area contributed by atoms with Gasteiger partial charge in [0.05, 0.1) is 6.26 Å². The van der Waals surface area contributed by atoms with Crippen LogP contribution in [0.1, 0.15) is 32.3 Å². The smallest absolute Gasteiger partial charge is 0.201 e. The molecule has 0 aromatic heterocycles. The number of rotatable bonds is 6. The van der Waals surface area contributed by atoms with Crippen LogP contribution in [-0.2, 0) is 6.42 Å². The molecule has 2 rings (SSSR count). The monoisotopic (exact) mass is 338 g/mol. The first kappa shape index (κ1) is 18.0. The number of hydrogen-bond acceptors (Lipinski definition) is 1. The highest BCUT2D eigenvalue weighted by Crippen LogP contribution is 2.33. The van der Waals surface area contributed by atoms with Crippen molar-refractivity contribution < 1.29 is 22.3 Å². The zero-order valence-corrected chi connectivity index (χ0v) is 13.5. The molecule has 0 aliphatic rings. The molecule has 2 aromatic rings. The molecule has 0 atom stereocenters. The van der Waals surface area contributed by atoms with Gasteiger partial charge in [0, 0.05) is 11.1 Å². The van der Waals surface area contributed by atoms with Crippen molar-refractivity contribution in [2.24, 2.45) is 0 Å². The van der Waals surface area contributed by atoms with E-state index in [4.69, 9.17) is 4.74 Å². The number of hydrogen-bond donors (Lipinski definition) is 0. The highest BCUT2D eigenvalue weighted by atomic mass is 19.2. The van der Waals surface area contributed by atoms with Gasteiger partial charge in [-0.3, -0.25) is 0 Å². The molecule has 0 radical (unpaired) electrons. The summed E-state index contributed by atoms with van der Waals surface area (Å²) in [6.45, 7) is 3.70. The van der Waals surface area contributed by atoms with Crippen LogP contribution in [0, 0.1) is 23.3 Å². The van der Waals surface area contributed by atoms with Crippen LogP contribution in [0.4, 0.5) is 17.6 Å². The van der Waals surface area contributed by atoms with Gasteiger partial charge in [-0.05, 0) is 36.6 Å². The molecule has 0 spiro atoms. The highest BCUT2D eigenvalue weighted by Gasteiger charge is 2.20. The first-order chi connectivity index (χ1) is 11.5. The molecule has 1 nitrogen and oxygen atoms in total. The van der Waals surface area contributed by atoms with Gasteiger partial charge in [-0.2, -0.15) is 4.39 Å². The molecule has 0 bridgehead atoms. The van der Waals surface area contributed by atoms with Gasteiger partial charge in [0.1, 0.15) is 0 Å². The van der Waals surface area contributed by atoms with Gasteiger partial charge < -0.3 is 4.74 Å². The quantitative estimate of drug-likeness (QED) is 0.452. The topological polar surface area (TPSA) is 9.23 Å². The van der Waals surface area contributed by atoms with E-state index in [1.54, 1.807) is 6.08 Å². The van der Waals surface area contributed by atoms with E-state index in [1.807, 2.05) is 13.8 Å². The van der Waals surface area contributed by atoms with Crippen LogP contribution in [0.25, 0.3) is 11.1 Å². The molecule has 0 saturated carbocycles. The molecule has 0 unspecified atom stereocenters. The lowest BCUT2D eigenvalue weighted by atomic mass is 10.00. The van der Waals surface area contributed by atoms with Crippen molar-refractivity contribution in [1.82, 2.24) is 0 Å². The zero-order chi connectivity index (χ0) is 17.7. The summed E-state index contributed by atoms with van der Waals surface area (Å²) in [6.07, 6.45) is 4.58. The van der Waals surface area contributed by atoms with Gasteiger partial charge in [-0.15, -0.1) is 0 Å². The Kier molecular flexibility index (Phi) is 6.01. The molecule has 0 fully saturated rings. The second-order valence-electron chi connectivity index (χ2n) is 5.29. The van der Waals surface area contributed by atoms with Crippen molar-refractivity contribution in [2.45, 2.75) is 33.1 Å². The molecule has 0 aliphatic heterocycles. The molecule has 0 N–H and O–H groups in total. The van der Waals surface area contributed by atoms with Crippen LogP contribution in [0.15, 0.2) is 36.6 Å². The lowest BCUT2D eigenvalue weighted by molar-refractivity contribution is 0.414. The Morgan fingerprint density at radius 2 is 1.46 bits per heavy atom. The Labute approximate surface area is 138 Å². The second-order valence-corrected chi connectivity index (χ2v) is 5.29. The molecule has 0 saturated heterocycles. The standard InChI is InChI=1S/C19H18F4O/c1-3-5-11-24-15-10-9-14(18(22)19(15)23)13-8-7-12(6-4-2)16(20)17(13)21/h5,7-11H,3-4,6H2,1-2H3/b11-5+. The largest absolute Gasteiger partial charge is 0.462 e. The van der Waals surface area contributed by atoms with Crippen LogP contribution in [0.2, 0.25) is 0 Å². The number of ether oxygens (including phenoxy) is 1.